The Balaban J connectivity index is 2.50. The van der Waals surface area contributed by atoms with Crippen molar-refractivity contribution in [2.75, 3.05) is 0 Å². The van der Waals surface area contributed by atoms with E-state index in [1.807, 2.05) is 19.1 Å². The first kappa shape index (κ1) is 9.68. The van der Waals surface area contributed by atoms with Crippen LogP contribution in [0.1, 0.15) is 12.6 Å². The van der Waals surface area contributed by atoms with Gasteiger partial charge in [0.1, 0.15) is 0 Å². The number of halogens is 1. The number of fused-ring (bicyclic) bond motifs is 1. The molecule has 0 aliphatic rings. The van der Waals surface area contributed by atoms with Gasteiger partial charge in [-0.15, -0.1) is 0 Å². The molecule has 0 spiro atoms. The van der Waals surface area contributed by atoms with Crippen molar-refractivity contribution < 1.29 is 0 Å². The predicted molar refractivity (Wildman–Crippen MR) is 61.1 cm³/mol. The predicted octanol–water partition coefficient (Wildman–Crippen LogP) is 2.22. The Morgan fingerprint density at radius 2 is 2.36 bits per heavy atom. The van der Waals surface area contributed by atoms with Gasteiger partial charge in [-0.3, -0.25) is 5.10 Å². The number of H-pyrrole nitrogens is 1. The molecule has 0 saturated heterocycles. The van der Waals surface area contributed by atoms with E-state index in [-0.39, 0.29) is 6.04 Å². The zero-order valence-corrected chi connectivity index (χ0v) is 9.51. The van der Waals surface area contributed by atoms with Gasteiger partial charge in [0.05, 0.1) is 11.2 Å². The van der Waals surface area contributed by atoms with Crippen LogP contribution in [0.15, 0.2) is 22.7 Å². The Labute approximate surface area is 90.8 Å². The normalized spacial score (nSPS) is 13.4. The topological polar surface area (TPSA) is 54.7 Å². The summed E-state index contributed by atoms with van der Waals surface area (Å²) in [4.78, 5) is 0. The lowest BCUT2D eigenvalue weighted by Crippen LogP contribution is -2.18. The standard InChI is InChI=1S/C10H12BrN3/c1-6(12)4-10-8-5-7(11)2-3-9(8)13-14-10/h2-3,5-6H,4,12H2,1H3,(H,13,14). The Bertz CT molecular complexity index is 448. The number of nitrogens with one attached hydrogen (secondary N) is 1. The first-order valence-corrected chi connectivity index (χ1v) is 5.34. The number of nitrogens with zero attached hydrogens (tertiary/aromatic N) is 1. The van der Waals surface area contributed by atoms with E-state index in [1.54, 1.807) is 0 Å². The quantitative estimate of drug-likeness (QED) is 0.863. The number of benzene rings is 1. The molecule has 1 heterocycles. The maximum Gasteiger partial charge on any atom is 0.0716 e. The van der Waals surface area contributed by atoms with Crippen molar-refractivity contribution in [3.8, 4) is 0 Å². The largest absolute Gasteiger partial charge is 0.328 e. The molecule has 1 unspecified atom stereocenters. The molecule has 0 aliphatic heterocycles. The lowest BCUT2D eigenvalue weighted by atomic mass is 10.1. The first-order chi connectivity index (χ1) is 6.66. The van der Waals surface area contributed by atoms with Gasteiger partial charge in [0.15, 0.2) is 0 Å². The van der Waals surface area contributed by atoms with Crippen LogP contribution in [0.2, 0.25) is 0 Å². The average Bonchev–Trinajstić information content (AvgIpc) is 2.47. The van der Waals surface area contributed by atoms with Crippen LogP contribution in [0, 0.1) is 0 Å². The fourth-order valence-electron chi connectivity index (χ4n) is 1.50. The monoisotopic (exact) mass is 253 g/mol. The smallest absolute Gasteiger partial charge is 0.0716 e. The third-order valence-electron chi connectivity index (χ3n) is 2.12. The Morgan fingerprint density at radius 3 is 3.07 bits per heavy atom. The van der Waals surface area contributed by atoms with E-state index in [9.17, 15) is 0 Å². The summed E-state index contributed by atoms with van der Waals surface area (Å²) < 4.78 is 1.07. The summed E-state index contributed by atoms with van der Waals surface area (Å²) in [5.41, 5.74) is 7.84. The van der Waals surface area contributed by atoms with E-state index in [1.165, 1.54) is 0 Å². The highest BCUT2D eigenvalue weighted by atomic mass is 79.9. The van der Waals surface area contributed by atoms with Crippen LogP contribution in [0.4, 0.5) is 0 Å². The van der Waals surface area contributed by atoms with Gasteiger partial charge in [0, 0.05) is 22.3 Å². The minimum Gasteiger partial charge on any atom is -0.328 e. The molecular weight excluding hydrogens is 242 g/mol. The van der Waals surface area contributed by atoms with Crippen molar-refractivity contribution in [1.82, 2.24) is 10.2 Å². The second-order valence-electron chi connectivity index (χ2n) is 3.54. The SMILES string of the molecule is CC(N)Cc1n[nH]c2ccc(Br)cc12. The Morgan fingerprint density at radius 1 is 1.57 bits per heavy atom. The zero-order chi connectivity index (χ0) is 10.1. The highest BCUT2D eigenvalue weighted by molar-refractivity contribution is 9.10. The van der Waals surface area contributed by atoms with E-state index in [0.717, 1.165) is 27.5 Å². The molecule has 4 heteroatoms. The fraction of sp³-hybridized carbons (Fsp3) is 0.300. The summed E-state index contributed by atoms with van der Waals surface area (Å²) in [6, 6.07) is 6.21. The molecule has 0 fully saturated rings. The number of aromatic nitrogens is 2. The summed E-state index contributed by atoms with van der Waals surface area (Å²) in [6.07, 6.45) is 0.802. The number of nitrogens with two attached hydrogens (primary N) is 1. The molecule has 0 bridgehead atoms. The van der Waals surface area contributed by atoms with Crippen molar-refractivity contribution in [3.63, 3.8) is 0 Å². The summed E-state index contributed by atoms with van der Waals surface area (Å²) in [5.74, 6) is 0. The minimum absolute atomic E-state index is 0.139. The van der Waals surface area contributed by atoms with Crippen molar-refractivity contribution in [1.29, 1.82) is 0 Å². The van der Waals surface area contributed by atoms with Crippen LogP contribution in [0.3, 0.4) is 0 Å². The van der Waals surface area contributed by atoms with Crippen molar-refractivity contribution >= 4 is 26.8 Å². The van der Waals surface area contributed by atoms with Gasteiger partial charge in [0.2, 0.25) is 0 Å². The molecule has 2 aromatic rings. The van der Waals surface area contributed by atoms with Crippen molar-refractivity contribution in [3.05, 3.63) is 28.4 Å². The Hall–Kier alpha value is -0.870. The molecule has 14 heavy (non-hydrogen) atoms. The van der Waals surface area contributed by atoms with Gasteiger partial charge in [-0.2, -0.15) is 5.10 Å². The maximum atomic E-state index is 5.75. The van der Waals surface area contributed by atoms with Crippen LogP contribution in [-0.2, 0) is 6.42 Å². The van der Waals surface area contributed by atoms with Crippen molar-refractivity contribution in [2.45, 2.75) is 19.4 Å². The van der Waals surface area contributed by atoms with Crippen LogP contribution in [-0.4, -0.2) is 16.2 Å². The van der Waals surface area contributed by atoms with Gasteiger partial charge >= 0.3 is 0 Å². The van der Waals surface area contributed by atoms with Gasteiger partial charge in [-0.1, -0.05) is 15.9 Å². The molecule has 3 N–H and O–H groups in total. The lowest BCUT2D eigenvalue weighted by molar-refractivity contribution is 0.722. The van der Waals surface area contributed by atoms with E-state index < -0.39 is 0 Å². The molecule has 1 aromatic heterocycles. The number of hydrogen-bond donors (Lipinski definition) is 2. The summed E-state index contributed by atoms with van der Waals surface area (Å²) >= 11 is 3.44. The van der Waals surface area contributed by atoms with Crippen LogP contribution in [0.25, 0.3) is 10.9 Å². The molecule has 1 aromatic carbocycles. The third-order valence-corrected chi connectivity index (χ3v) is 2.61. The molecule has 0 saturated carbocycles. The van der Waals surface area contributed by atoms with E-state index in [0.29, 0.717) is 0 Å². The second-order valence-corrected chi connectivity index (χ2v) is 4.46. The summed E-state index contributed by atoms with van der Waals surface area (Å²) in [5, 5.41) is 8.39. The average molecular weight is 254 g/mol. The zero-order valence-electron chi connectivity index (χ0n) is 7.92. The molecule has 0 aliphatic carbocycles. The molecule has 3 nitrogen and oxygen atoms in total. The summed E-state index contributed by atoms with van der Waals surface area (Å²) in [6.45, 7) is 1.98. The third kappa shape index (κ3) is 1.81. The number of hydrogen-bond acceptors (Lipinski definition) is 2. The number of rotatable bonds is 2. The summed E-state index contributed by atoms with van der Waals surface area (Å²) in [7, 11) is 0. The first-order valence-electron chi connectivity index (χ1n) is 4.55. The van der Waals surface area contributed by atoms with Crippen molar-refractivity contribution in [2.24, 2.45) is 5.73 Å². The molecule has 74 valence electrons. The van der Waals surface area contributed by atoms with Crippen LogP contribution >= 0.6 is 15.9 Å². The number of aromatic amines is 1. The molecule has 1 atom stereocenters. The van der Waals surface area contributed by atoms with E-state index in [2.05, 4.69) is 32.2 Å². The molecule has 2 rings (SSSR count). The van der Waals surface area contributed by atoms with Gasteiger partial charge in [-0.05, 0) is 25.1 Å². The second kappa shape index (κ2) is 3.71. The highest BCUT2D eigenvalue weighted by Gasteiger charge is 2.07. The highest BCUT2D eigenvalue weighted by Crippen LogP contribution is 2.21. The van der Waals surface area contributed by atoms with Gasteiger partial charge in [-0.25, -0.2) is 0 Å². The van der Waals surface area contributed by atoms with Crippen LogP contribution < -0.4 is 5.73 Å². The maximum absolute atomic E-state index is 5.75. The van der Waals surface area contributed by atoms with Crippen LogP contribution in [0.5, 0.6) is 0 Å². The van der Waals surface area contributed by atoms with E-state index in [4.69, 9.17) is 5.73 Å². The molecule has 0 amide bonds. The van der Waals surface area contributed by atoms with E-state index >= 15 is 0 Å². The fourth-order valence-corrected chi connectivity index (χ4v) is 1.86. The Kier molecular flexibility index (Phi) is 2.56. The van der Waals surface area contributed by atoms with Gasteiger partial charge in [0.25, 0.3) is 0 Å². The molecular formula is C10H12BrN3. The molecule has 0 radical (unpaired) electrons. The van der Waals surface area contributed by atoms with Gasteiger partial charge < -0.3 is 5.73 Å². The lowest BCUT2D eigenvalue weighted by Gasteiger charge is -2.01. The minimum atomic E-state index is 0.139.